The van der Waals surface area contributed by atoms with Crippen LogP contribution in [0, 0.1) is 0 Å². The van der Waals surface area contributed by atoms with E-state index in [2.05, 4.69) is 24.5 Å². The molecule has 0 radical (unpaired) electrons. The van der Waals surface area contributed by atoms with E-state index in [4.69, 9.17) is 4.74 Å². The zero-order chi connectivity index (χ0) is 33.8. The van der Waals surface area contributed by atoms with Crippen LogP contribution in [-0.4, -0.2) is 41.0 Å². The van der Waals surface area contributed by atoms with E-state index in [0.717, 1.165) is 54.0 Å². The highest BCUT2D eigenvalue weighted by Crippen LogP contribution is 2.28. The molecule has 0 fully saturated rings. The number of hydrogen-bond acceptors (Lipinski definition) is 4. The van der Waals surface area contributed by atoms with Crippen molar-refractivity contribution in [3.05, 3.63) is 114 Å². The summed E-state index contributed by atoms with van der Waals surface area (Å²) in [6, 6.07) is 29.4. The molecule has 3 amide bonds. The second kappa shape index (κ2) is 16.8. The van der Waals surface area contributed by atoms with E-state index >= 15 is 0 Å². The van der Waals surface area contributed by atoms with Crippen LogP contribution in [0.1, 0.15) is 83.0 Å². The molecule has 4 aromatic rings. The van der Waals surface area contributed by atoms with Gasteiger partial charge in [-0.15, -0.1) is 0 Å². The van der Waals surface area contributed by atoms with Crippen molar-refractivity contribution in [2.45, 2.75) is 90.8 Å². The Morgan fingerprint density at radius 1 is 0.766 bits per heavy atom. The number of anilines is 1. The first-order valence-electron chi connectivity index (χ1n) is 16.8. The molecule has 248 valence electrons. The van der Waals surface area contributed by atoms with Crippen LogP contribution in [0.25, 0.3) is 10.8 Å². The van der Waals surface area contributed by atoms with Crippen LogP contribution in [-0.2, 0) is 27.2 Å². The fraction of sp³-hybridized carbons (Fsp3) is 0.375. The smallest absolute Gasteiger partial charge is 0.408 e. The van der Waals surface area contributed by atoms with Gasteiger partial charge in [0, 0.05) is 18.7 Å². The minimum absolute atomic E-state index is 0.248. The second-order valence-electron chi connectivity index (χ2n) is 13.0. The number of ether oxygens (including phenoxy) is 1. The largest absolute Gasteiger partial charge is 0.444 e. The minimum Gasteiger partial charge on any atom is -0.444 e. The lowest BCUT2D eigenvalue weighted by Crippen LogP contribution is -2.53. The van der Waals surface area contributed by atoms with E-state index in [1.54, 1.807) is 25.7 Å². The summed E-state index contributed by atoms with van der Waals surface area (Å²) in [6.45, 7) is 9.93. The van der Waals surface area contributed by atoms with Crippen molar-refractivity contribution in [3.8, 4) is 0 Å². The molecule has 7 nitrogen and oxygen atoms in total. The van der Waals surface area contributed by atoms with Gasteiger partial charge in [-0.2, -0.15) is 0 Å². The quantitative estimate of drug-likeness (QED) is 0.136. The topological polar surface area (TPSA) is 87.7 Å². The van der Waals surface area contributed by atoms with Crippen LogP contribution in [0.15, 0.2) is 97.1 Å². The summed E-state index contributed by atoms with van der Waals surface area (Å²) in [5, 5.41) is 8.04. The van der Waals surface area contributed by atoms with Gasteiger partial charge < -0.3 is 20.3 Å². The number of fused-ring (bicyclic) bond motifs is 1. The first-order valence-corrected chi connectivity index (χ1v) is 16.8. The maximum atomic E-state index is 14.8. The van der Waals surface area contributed by atoms with E-state index in [1.807, 2.05) is 97.1 Å². The average molecular weight is 636 g/mol. The Labute approximate surface area is 279 Å². The maximum Gasteiger partial charge on any atom is 0.408 e. The summed E-state index contributed by atoms with van der Waals surface area (Å²) in [4.78, 5) is 43.9. The van der Waals surface area contributed by atoms with Crippen molar-refractivity contribution in [1.29, 1.82) is 0 Å². The molecule has 4 aromatic carbocycles. The first kappa shape index (κ1) is 35.2. The average Bonchev–Trinajstić information content (AvgIpc) is 3.05. The Balaban J connectivity index is 1.75. The number of hydrogen-bond donors (Lipinski definition) is 2. The van der Waals surface area contributed by atoms with Crippen LogP contribution in [0.3, 0.4) is 0 Å². The van der Waals surface area contributed by atoms with Gasteiger partial charge in [-0.25, -0.2) is 4.79 Å². The number of benzene rings is 4. The van der Waals surface area contributed by atoms with Gasteiger partial charge in [0.1, 0.15) is 17.7 Å². The lowest BCUT2D eigenvalue weighted by molar-refractivity contribution is -0.140. The molecule has 0 saturated carbocycles. The van der Waals surface area contributed by atoms with Crippen molar-refractivity contribution < 1.29 is 19.1 Å². The Morgan fingerprint density at radius 3 is 2.11 bits per heavy atom. The number of alkyl carbamates (subject to hydrolysis) is 1. The number of rotatable bonds is 14. The van der Waals surface area contributed by atoms with Gasteiger partial charge in [0.15, 0.2) is 0 Å². The van der Waals surface area contributed by atoms with E-state index < -0.39 is 23.8 Å². The number of nitrogens with zero attached hydrogens (tertiary/aromatic N) is 1. The molecule has 7 heteroatoms. The number of carbonyl (C=O) groups is 3. The molecule has 2 N–H and O–H groups in total. The van der Waals surface area contributed by atoms with E-state index in [0.29, 0.717) is 17.8 Å². The standard InChI is InChI=1S/C40H49N3O4/c1-6-8-9-15-26-43(38(45)35(27-30-16-11-10-12-17-30)42-39(46)47-40(3,4)5)36(32-22-20-29(7-2)21-23-32)37(44)41-34-25-24-31-18-13-14-19-33(31)28-34/h10-14,16-25,28,35-36H,6-9,15,26-27H2,1-5H3,(H,41,44)(H,42,46). The number of unbranched alkanes of at least 4 members (excludes halogenated alkanes) is 3. The van der Waals surface area contributed by atoms with E-state index in [-0.39, 0.29) is 18.2 Å². The summed E-state index contributed by atoms with van der Waals surface area (Å²) in [7, 11) is 0. The SMILES string of the molecule is CCCCCCN(C(=O)C(Cc1ccccc1)NC(=O)OC(C)(C)C)C(C(=O)Nc1ccc2ccccc2c1)c1ccc(CC)cc1. The number of nitrogens with one attached hydrogen (secondary N) is 2. The van der Waals surface area contributed by atoms with Gasteiger partial charge in [-0.1, -0.05) is 118 Å². The van der Waals surface area contributed by atoms with Gasteiger partial charge in [0.2, 0.25) is 5.91 Å². The third kappa shape index (κ3) is 10.4. The van der Waals surface area contributed by atoms with E-state index in [1.165, 1.54) is 0 Å². The molecular weight excluding hydrogens is 586 g/mol. The highest BCUT2D eigenvalue weighted by molar-refractivity contribution is 6.00. The van der Waals surface area contributed by atoms with Crippen LogP contribution in [0.4, 0.5) is 10.5 Å². The molecule has 0 heterocycles. The summed E-state index contributed by atoms with van der Waals surface area (Å²) >= 11 is 0. The summed E-state index contributed by atoms with van der Waals surface area (Å²) in [6.07, 6.45) is 4.11. The van der Waals surface area contributed by atoms with Gasteiger partial charge in [-0.3, -0.25) is 9.59 Å². The number of aryl methyl sites for hydroxylation is 1. The molecule has 0 aliphatic rings. The lowest BCUT2D eigenvalue weighted by atomic mass is 9.98. The summed E-state index contributed by atoms with van der Waals surface area (Å²) in [5.41, 5.74) is 2.64. The van der Waals surface area contributed by atoms with Crippen molar-refractivity contribution in [2.24, 2.45) is 0 Å². The molecule has 2 atom stereocenters. The fourth-order valence-electron chi connectivity index (χ4n) is 5.66. The lowest BCUT2D eigenvalue weighted by Gasteiger charge is -2.35. The molecule has 0 spiro atoms. The summed E-state index contributed by atoms with van der Waals surface area (Å²) in [5.74, 6) is -0.654. The molecule has 2 unspecified atom stereocenters. The normalized spacial score (nSPS) is 12.6. The minimum atomic E-state index is -0.954. The highest BCUT2D eigenvalue weighted by atomic mass is 16.6. The summed E-state index contributed by atoms with van der Waals surface area (Å²) < 4.78 is 5.58. The van der Waals surface area contributed by atoms with Crippen LogP contribution in [0.5, 0.6) is 0 Å². The number of carbonyl (C=O) groups excluding carboxylic acids is 3. The van der Waals surface area contributed by atoms with Crippen molar-refractivity contribution in [2.75, 3.05) is 11.9 Å². The molecule has 0 aliphatic carbocycles. The van der Waals surface area contributed by atoms with Crippen LogP contribution >= 0.6 is 0 Å². The monoisotopic (exact) mass is 635 g/mol. The van der Waals surface area contributed by atoms with Crippen LogP contribution in [0.2, 0.25) is 0 Å². The third-order valence-electron chi connectivity index (χ3n) is 8.09. The molecule has 0 aliphatic heterocycles. The Kier molecular flexibility index (Phi) is 12.6. The Hall–Kier alpha value is -4.65. The maximum absolute atomic E-state index is 14.8. The van der Waals surface area contributed by atoms with Crippen LogP contribution < -0.4 is 10.6 Å². The predicted octanol–water partition coefficient (Wildman–Crippen LogP) is 8.63. The number of amides is 3. The molecule has 0 bridgehead atoms. The Bertz CT molecular complexity index is 1610. The predicted molar refractivity (Wildman–Crippen MR) is 190 cm³/mol. The molecule has 0 aromatic heterocycles. The molecule has 0 saturated heterocycles. The van der Waals surface area contributed by atoms with E-state index in [9.17, 15) is 14.4 Å². The third-order valence-corrected chi connectivity index (χ3v) is 8.09. The zero-order valence-electron chi connectivity index (χ0n) is 28.4. The van der Waals surface area contributed by atoms with Gasteiger partial charge >= 0.3 is 6.09 Å². The molecular formula is C40H49N3O4. The van der Waals surface area contributed by atoms with Crippen molar-refractivity contribution in [1.82, 2.24) is 10.2 Å². The van der Waals surface area contributed by atoms with Crippen molar-refractivity contribution >= 4 is 34.4 Å². The molecule has 47 heavy (non-hydrogen) atoms. The molecule has 4 rings (SSSR count). The van der Waals surface area contributed by atoms with Gasteiger partial charge in [-0.05, 0) is 73.2 Å². The second-order valence-corrected chi connectivity index (χ2v) is 13.0. The Morgan fingerprint density at radius 2 is 1.45 bits per heavy atom. The fourth-order valence-corrected chi connectivity index (χ4v) is 5.66. The van der Waals surface area contributed by atoms with Gasteiger partial charge in [0.25, 0.3) is 5.91 Å². The zero-order valence-corrected chi connectivity index (χ0v) is 28.4. The van der Waals surface area contributed by atoms with Crippen molar-refractivity contribution in [3.63, 3.8) is 0 Å². The first-order chi connectivity index (χ1) is 22.6. The highest BCUT2D eigenvalue weighted by Gasteiger charge is 2.36. The van der Waals surface area contributed by atoms with Gasteiger partial charge in [0.05, 0.1) is 0 Å².